The fourth-order valence-corrected chi connectivity index (χ4v) is 3.05. The number of rotatable bonds is 5. The zero-order chi connectivity index (χ0) is 16.9. The first-order valence-electron chi connectivity index (χ1n) is 8.23. The lowest BCUT2D eigenvalue weighted by molar-refractivity contribution is 0.1000. The Bertz CT molecular complexity index is 665. The van der Waals surface area contributed by atoms with Crippen molar-refractivity contribution in [3.63, 3.8) is 0 Å². The van der Waals surface area contributed by atoms with Crippen LogP contribution in [0.25, 0.3) is 0 Å². The Morgan fingerprint density at radius 2 is 1.62 bits per heavy atom. The fraction of sp³-hybridized carbons (Fsp3) is 0.316. The van der Waals surface area contributed by atoms with Crippen LogP contribution in [0.15, 0.2) is 54.6 Å². The van der Waals surface area contributed by atoms with E-state index in [2.05, 4.69) is 9.80 Å². The number of β-amino-alcohol motifs (C(OH)–C–C–N with tert-alkyl or cyclic N) is 1. The van der Waals surface area contributed by atoms with Gasteiger partial charge in [-0.05, 0) is 29.8 Å². The number of benzene rings is 2. The Balaban J connectivity index is 1.53. The molecule has 0 saturated carbocycles. The molecule has 2 aromatic carbocycles. The van der Waals surface area contributed by atoms with Crippen LogP contribution in [0.4, 0.5) is 5.69 Å². The van der Waals surface area contributed by atoms with Gasteiger partial charge in [0, 0.05) is 44.0 Å². The highest BCUT2D eigenvalue weighted by Crippen LogP contribution is 2.19. The van der Waals surface area contributed by atoms with Gasteiger partial charge in [-0.25, -0.2) is 0 Å². The van der Waals surface area contributed by atoms with E-state index in [1.807, 2.05) is 42.5 Å². The van der Waals surface area contributed by atoms with Gasteiger partial charge < -0.3 is 15.7 Å². The Kier molecular flexibility index (Phi) is 5.13. The van der Waals surface area contributed by atoms with Gasteiger partial charge in [-0.15, -0.1) is 0 Å². The molecular weight excluding hydrogens is 302 g/mol. The minimum Gasteiger partial charge on any atom is -0.387 e. The number of aliphatic hydroxyl groups is 1. The Morgan fingerprint density at radius 1 is 1.00 bits per heavy atom. The predicted octanol–water partition coefficient (Wildman–Crippen LogP) is 1.64. The molecule has 1 saturated heterocycles. The third-order valence-electron chi connectivity index (χ3n) is 4.50. The van der Waals surface area contributed by atoms with Gasteiger partial charge in [0.15, 0.2) is 0 Å². The van der Waals surface area contributed by atoms with Crippen LogP contribution in [0.5, 0.6) is 0 Å². The molecule has 0 unspecified atom stereocenters. The molecule has 0 bridgehead atoms. The minimum absolute atomic E-state index is 0.402. The first kappa shape index (κ1) is 16.5. The summed E-state index contributed by atoms with van der Waals surface area (Å²) in [5.41, 5.74) is 7.86. The zero-order valence-electron chi connectivity index (χ0n) is 13.6. The molecular formula is C19H23N3O2. The zero-order valence-corrected chi connectivity index (χ0v) is 13.6. The molecule has 0 radical (unpaired) electrons. The monoisotopic (exact) mass is 325 g/mol. The van der Waals surface area contributed by atoms with Crippen LogP contribution in [0.2, 0.25) is 0 Å². The van der Waals surface area contributed by atoms with Gasteiger partial charge in [0.05, 0.1) is 6.10 Å². The van der Waals surface area contributed by atoms with Gasteiger partial charge in [0.25, 0.3) is 0 Å². The molecule has 1 atom stereocenters. The van der Waals surface area contributed by atoms with Crippen molar-refractivity contribution >= 4 is 11.6 Å². The Labute approximate surface area is 142 Å². The van der Waals surface area contributed by atoms with Crippen molar-refractivity contribution in [2.45, 2.75) is 6.10 Å². The van der Waals surface area contributed by atoms with Crippen LogP contribution in [-0.4, -0.2) is 48.6 Å². The van der Waals surface area contributed by atoms with Crippen LogP contribution in [0, 0.1) is 0 Å². The summed E-state index contributed by atoms with van der Waals surface area (Å²) in [4.78, 5) is 15.7. The molecule has 1 fully saturated rings. The molecule has 1 amide bonds. The normalized spacial score (nSPS) is 16.8. The number of carbonyl (C=O) groups excluding carboxylic acids is 1. The maximum atomic E-state index is 11.1. The molecule has 3 rings (SSSR count). The summed E-state index contributed by atoms with van der Waals surface area (Å²) in [5, 5.41) is 10.3. The third kappa shape index (κ3) is 3.93. The number of primary amides is 1. The van der Waals surface area contributed by atoms with Gasteiger partial charge in [0.2, 0.25) is 5.91 Å². The summed E-state index contributed by atoms with van der Waals surface area (Å²) in [6.07, 6.45) is -0.451. The third-order valence-corrected chi connectivity index (χ3v) is 4.50. The number of piperazine rings is 1. The molecule has 2 aromatic rings. The lowest BCUT2D eigenvalue weighted by Gasteiger charge is -2.37. The van der Waals surface area contributed by atoms with Gasteiger partial charge in [-0.3, -0.25) is 9.69 Å². The van der Waals surface area contributed by atoms with E-state index in [-0.39, 0.29) is 0 Å². The van der Waals surface area contributed by atoms with E-state index < -0.39 is 12.0 Å². The Hall–Kier alpha value is -2.37. The first-order valence-corrected chi connectivity index (χ1v) is 8.23. The van der Waals surface area contributed by atoms with Gasteiger partial charge >= 0.3 is 0 Å². The minimum atomic E-state index is -0.451. The van der Waals surface area contributed by atoms with Crippen molar-refractivity contribution in [2.75, 3.05) is 37.6 Å². The van der Waals surface area contributed by atoms with Crippen LogP contribution >= 0.6 is 0 Å². The van der Waals surface area contributed by atoms with Gasteiger partial charge in [-0.1, -0.05) is 30.3 Å². The maximum Gasteiger partial charge on any atom is 0.248 e. The number of aliphatic hydroxyl groups excluding tert-OH is 1. The van der Waals surface area contributed by atoms with Gasteiger partial charge in [0.1, 0.15) is 0 Å². The van der Waals surface area contributed by atoms with Crippen LogP contribution in [-0.2, 0) is 0 Å². The first-order chi connectivity index (χ1) is 11.6. The Morgan fingerprint density at radius 3 is 2.21 bits per heavy atom. The van der Waals surface area contributed by atoms with Crippen molar-refractivity contribution in [2.24, 2.45) is 5.73 Å². The molecule has 1 aliphatic heterocycles. The molecule has 0 aliphatic carbocycles. The SMILES string of the molecule is NC(=O)c1ccc(N2CCN(C[C@H](O)c3ccccc3)CC2)cc1. The molecule has 3 N–H and O–H groups in total. The van der Waals surface area contributed by atoms with E-state index in [4.69, 9.17) is 5.73 Å². The number of carbonyl (C=O) groups is 1. The highest BCUT2D eigenvalue weighted by molar-refractivity contribution is 5.93. The van der Waals surface area contributed by atoms with Crippen LogP contribution < -0.4 is 10.6 Å². The number of hydrogen-bond donors (Lipinski definition) is 2. The quantitative estimate of drug-likeness (QED) is 0.877. The fourth-order valence-electron chi connectivity index (χ4n) is 3.05. The van der Waals surface area contributed by atoms with Crippen molar-refractivity contribution in [3.8, 4) is 0 Å². The van der Waals surface area contributed by atoms with Crippen molar-refractivity contribution in [3.05, 3.63) is 65.7 Å². The lowest BCUT2D eigenvalue weighted by atomic mass is 10.1. The highest BCUT2D eigenvalue weighted by atomic mass is 16.3. The summed E-state index contributed by atoms with van der Waals surface area (Å²) >= 11 is 0. The summed E-state index contributed by atoms with van der Waals surface area (Å²) in [5.74, 6) is -0.402. The topological polar surface area (TPSA) is 69.8 Å². The second-order valence-corrected chi connectivity index (χ2v) is 6.13. The number of hydrogen-bond acceptors (Lipinski definition) is 4. The van der Waals surface area contributed by atoms with Crippen LogP contribution in [0.3, 0.4) is 0 Å². The van der Waals surface area contributed by atoms with Crippen LogP contribution in [0.1, 0.15) is 22.0 Å². The number of nitrogens with two attached hydrogens (primary N) is 1. The number of amides is 1. The summed E-state index contributed by atoms with van der Waals surface area (Å²) < 4.78 is 0. The number of nitrogens with zero attached hydrogens (tertiary/aromatic N) is 2. The highest BCUT2D eigenvalue weighted by Gasteiger charge is 2.20. The average molecular weight is 325 g/mol. The van der Waals surface area contributed by atoms with E-state index in [9.17, 15) is 9.90 Å². The summed E-state index contributed by atoms with van der Waals surface area (Å²) in [6, 6.07) is 17.2. The predicted molar refractivity (Wildman–Crippen MR) is 95.0 cm³/mol. The lowest BCUT2D eigenvalue weighted by Crippen LogP contribution is -2.47. The largest absolute Gasteiger partial charge is 0.387 e. The second kappa shape index (κ2) is 7.47. The summed E-state index contributed by atoms with van der Waals surface area (Å²) in [7, 11) is 0. The molecule has 1 aliphatic rings. The molecule has 24 heavy (non-hydrogen) atoms. The molecule has 126 valence electrons. The summed E-state index contributed by atoms with van der Waals surface area (Å²) in [6.45, 7) is 4.26. The molecule has 5 nitrogen and oxygen atoms in total. The van der Waals surface area contributed by atoms with Crippen molar-refractivity contribution in [1.82, 2.24) is 4.90 Å². The molecule has 0 aromatic heterocycles. The molecule has 0 spiro atoms. The standard InChI is InChI=1S/C19H23N3O2/c20-19(24)16-6-8-17(9-7-16)22-12-10-21(11-13-22)14-18(23)15-4-2-1-3-5-15/h1-9,18,23H,10-14H2,(H2,20,24)/t18-/m0/s1. The average Bonchev–Trinajstić information content (AvgIpc) is 2.63. The maximum absolute atomic E-state index is 11.1. The second-order valence-electron chi connectivity index (χ2n) is 6.13. The van der Waals surface area contributed by atoms with E-state index in [1.54, 1.807) is 12.1 Å². The van der Waals surface area contributed by atoms with E-state index >= 15 is 0 Å². The molecule has 1 heterocycles. The van der Waals surface area contributed by atoms with Gasteiger partial charge in [-0.2, -0.15) is 0 Å². The smallest absolute Gasteiger partial charge is 0.248 e. The molecule has 5 heteroatoms. The van der Waals surface area contributed by atoms with E-state index in [0.717, 1.165) is 37.4 Å². The van der Waals surface area contributed by atoms with E-state index in [0.29, 0.717) is 12.1 Å². The van der Waals surface area contributed by atoms with E-state index in [1.165, 1.54) is 0 Å². The number of anilines is 1. The van der Waals surface area contributed by atoms with Crippen molar-refractivity contribution in [1.29, 1.82) is 0 Å². The van der Waals surface area contributed by atoms with Crippen molar-refractivity contribution < 1.29 is 9.90 Å².